The lowest BCUT2D eigenvalue weighted by molar-refractivity contribution is 0.414. The number of sulfonamides is 1. The number of H-pyrrole nitrogens is 1. The lowest BCUT2D eigenvalue weighted by atomic mass is 9.85. The second-order valence-corrected chi connectivity index (χ2v) is 8.54. The first-order valence-corrected chi connectivity index (χ1v) is 9.62. The van der Waals surface area contributed by atoms with Crippen LogP contribution in [-0.4, -0.2) is 27.1 Å². The van der Waals surface area contributed by atoms with Crippen LogP contribution in [0.25, 0.3) is 10.9 Å². The molecule has 0 aliphatic carbocycles. The van der Waals surface area contributed by atoms with E-state index in [0.29, 0.717) is 11.3 Å². The molecule has 5 nitrogen and oxygen atoms in total. The number of rotatable bonds is 6. The standard InChI is InChI=1S/C19H21FN2O3S/c1-19(2,17-11-21-18-10-13(20)4-9-16(17)18)12-22-26(23,24)15-7-5-14(25-3)6-8-15/h4-11,21-22H,12H2,1-3H3. The van der Waals surface area contributed by atoms with Crippen molar-refractivity contribution in [1.29, 1.82) is 0 Å². The first-order chi connectivity index (χ1) is 12.2. The third-order valence-electron chi connectivity index (χ3n) is 4.45. The Bertz CT molecular complexity index is 1020. The van der Waals surface area contributed by atoms with Gasteiger partial charge in [0.15, 0.2) is 0 Å². The van der Waals surface area contributed by atoms with Gasteiger partial charge in [-0.25, -0.2) is 17.5 Å². The predicted molar refractivity (Wildman–Crippen MR) is 99.5 cm³/mol. The second kappa shape index (κ2) is 6.74. The van der Waals surface area contributed by atoms with Crippen LogP contribution in [0.5, 0.6) is 5.75 Å². The summed E-state index contributed by atoms with van der Waals surface area (Å²) in [6.07, 6.45) is 1.80. The highest BCUT2D eigenvalue weighted by Gasteiger charge is 2.27. The van der Waals surface area contributed by atoms with Crippen molar-refractivity contribution in [2.45, 2.75) is 24.2 Å². The summed E-state index contributed by atoms with van der Waals surface area (Å²) in [5.74, 6) is 0.277. The number of benzene rings is 2. The molecule has 1 heterocycles. The Morgan fingerprint density at radius 2 is 1.85 bits per heavy atom. The fraction of sp³-hybridized carbons (Fsp3) is 0.263. The molecule has 26 heavy (non-hydrogen) atoms. The van der Waals surface area contributed by atoms with Gasteiger partial charge in [0.2, 0.25) is 10.0 Å². The molecule has 0 radical (unpaired) electrons. The average Bonchev–Trinajstić information content (AvgIpc) is 3.04. The van der Waals surface area contributed by atoms with E-state index in [0.717, 1.165) is 10.9 Å². The molecule has 0 aliphatic heterocycles. The van der Waals surface area contributed by atoms with Gasteiger partial charge in [-0.15, -0.1) is 0 Å². The van der Waals surface area contributed by atoms with Gasteiger partial charge in [0, 0.05) is 29.1 Å². The number of aromatic nitrogens is 1. The molecule has 0 saturated heterocycles. The fourth-order valence-electron chi connectivity index (χ4n) is 2.87. The van der Waals surface area contributed by atoms with Gasteiger partial charge < -0.3 is 9.72 Å². The zero-order valence-corrected chi connectivity index (χ0v) is 15.7. The highest BCUT2D eigenvalue weighted by molar-refractivity contribution is 7.89. The van der Waals surface area contributed by atoms with Crippen LogP contribution in [0.15, 0.2) is 53.6 Å². The summed E-state index contributed by atoms with van der Waals surface area (Å²) in [4.78, 5) is 3.22. The second-order valence-electron chi connectivity index (χ2n) is 6.78. The molecule has 0 unspecified atom stereocenters. The molecule has 0 bridgehead atoms. The highest BCUT2D eigenvalue weighted by Crippen LogP contribution is 2.30. The zero-order valence-electron chi connectivity index (χ0n) is 14.8. The summed E-state index contributed by atoms with van der Waals surface area (Å²) >= 11 is 0. The third-order valence-corrected chi connectivity index (χ3v) is 5.86. The van der Waals surface area contributed by atoms with Gasteiger partial charge in [0.05, 0.1) is 12.0 Å². The summed E-state index contributed by atoms with van der Waals surface area (Å²) in [5.41, 5.74) is 1.12. The van der Waals surface area contributed by atoms with Gasteiger partial charge in [-0.2, -0.15) is 0 Å². The number of nitrogens with one attached hydrogen (secondary N) is 2. The van der Waals surface area contributed by atoms with E-state index in [-0.39, 0.29) is 17.3 Å². The SMILES string of the molecule is COc1ccc(S(=O)(=O)NCC(C)(C)c2c[nH]c3cc(F)ccc23)cc1. The smallest absolute Gasteiger partial charge is 0.240 e. The largest absolute Gasteiger partial charge is 0.497 e. The Hall–Kier alpha value is -2.38. The van der Waals surface area contributed by atoms with E-state index < -0.39 is 15.4 Å². The molecule has 7 heteroatoms. The summed E-state index contributed by atoms with van der Waals surface area (Å²) in [7, 11) is -2.12. The lowest BCUT2D eigenvalue weighted by Gasteiger charge is -2.25. The fourth-order valence-corrected chi connectivity index (χ4v) is 4.08. The van der Waals surface area contributed by atoms with Gasteiger partial charge in [0.25, 0.3) is 0 Å². The minimum absolute atomic E-state index is 0.176. The summed E-state index contributed by atoms with van der Waals surface area (Å²) in [5, 5.41) is 0.875. The van der Waals surface area contributed by atoms with E-state index in [1.807, 2.05) is 13.8 Å². The molecule has 2 N–H and O–H groups in total. The maximum absolute atomic E-state index is 13.4. The van der Waals surface area contributed by atoms with Crippen LogP contribution < -0.4 is 9.46 Å². The minimum Gasteiger partial charge on any atom is -0.497 e. The van der Waals surface area contributed by atoms with E-state index in [1.54, 1.807) is 24.4 Å². The van der Waals surface area contributed by atoms with Crippen molar-refractivity contribution in [3.63, 3.8) is 0 Å². The van der Waals surface area contributed by atoms with Crippen molar-refractivity contribution >= 4 is 20.9 Å². The normalized spacial score (nSPS) is 12.5. The molecule has 0 fully saturated rings. The Balaban J connectivity index is 1.82. The highest BCUT2D eigenvalue weighted by atomic mass is 32.2. The molecule has 3 rings (SSSR count). The Labute approximate surface area is 152 Å². The lowest BCUT2D eigenvalue weighted by Crippen LogP contribution is -2.36. The first kappa shape index (κ1) is 18.4. The van der Waals surface area contributed by atoms with E-state index >= 15 is 0 Å². The topological polar surface area (TPSA) is 71.2 Å². The molecule has 0 aliphatic rings. The zero-order chi connectivity index (χ0) is 18.9. The first-order valence-electron chi connectivity index (χ1n) is 8.14. The minimum atomic E-state index is -3.65. The van der Waals surface area contributed by atoms with E-state index in [9.17, 15) is 12.8 Å². The molecule has 0 saturated carbocycles. The van der Waals surface area contributed by atoms with Crippen LogP contribution in [0.2, 0.25) is 0 Å². The third kappa shape index (κ3) is 3.59. The van der Waals surface area contributed by atoms with E-state index in [1.165, 1.54) is 31.4 Å². The maximum atomic E-state index is 13.4. The number of fused-ring (bicyclic) bond motifs is 1. The molecule has 138 valence electrons. The number of ether oxygens (including phenoxy) is 1. The van der Waals surface area contributed by atoms with Gasteiger partial charge in [0.1, 0.15) is 11.6 Å². The van der Waals surface area contributed by atoms with Crippen molar-refractivity contribution in [1.82, 2.24) is 9.71 Å². The van der Waals surface area contributed by atoms with Gasteiger partial charge in [-0.05, 0) is 48.0 Å². The summed E-state index contributed by atoms with van der Waals surface area (Å²) in [6.45, 7) is 4.08. The van der Waals surface area contributed by atoms with Crippen molar-refractivity contribution < 1.29 is 17.5 Å². The quantitative estimate of drug-likeness (QED) is 0.691. The predicted octanol–water partition coefficient (Wildman–Crippen LogP) is 3.57. The van der Waals surface area contributed by atoms with Crippen LogP contribution in [-0.2, 0) is 15.4 Å². The van der Waals surface area contributed by atoms with Gasteiger partial charge in [-0.3, -0.25) is 0 Å². The van der Waals surface area contributed by atoms with Crippen molar-refractivity contribution in [2.24, 2.45) is 0 Å². The average molecular weight is 376 g/mol. The number of halogens is 1. The van der Waals surface area contributed by atoms with Crippen LogP contribution in [0.1, 0.15) is 19.4 Å². The molecule has 0 spiro atoms. The molecule has 1 aromatic heterocycles. The van der Waals surface area contributed by atoms with Crippen molar-refractivity contribution in [2.75, 3.05) is 13.7 Å². The van der Waals surface area contributed by atoms with E-state index in [4.69, 9.17) is 4.74 Å². The molecular weight excluding hydrogens is 355 g/mol. The number of hydrogen-bond donors (Lipinski definition) is 2. The maximum Gasteiger partial charge on any atom is 0.240 e. The Kier molecular flexibility index (Phi) is 4.77. The molecule has 0 amide bonds. The Morgan fingerprint density at radius 1 is 1.15 bits per heavy atom. The molecule has 0 atom stereocenters. The number of aromatic amines is 1. The van der Waals surface area contributed by atoms with E-state index in [2.05, 4.69) is 9.71 Å². The molecular formula is C19H21FN2O3S. The number of methoxy groups -OCH3 is 1. The molecule has 2 aromatic carbocycles. The molecule has 3 aromatic rings. The summed E-state index contributed by atoms with van der Waals surface area (Å²) in [6, 6.07) is 10.7. The van der Waals surface area contributed by atoms with Crippen LogP contribution in [0.4, 0.5) is 4.39 Å². The Morgan fingerprint density at radius 3 is 2.50 bits per heavy atom. The van der Waals surface area contributed by atoms with Crippen LogP contribution >= 0.6 is 0 Å². The van der Waals surface area contributed by atoms with Crippen LogP contribution in [0.3, 0.4) is 0 Å². The van der Waals surface area contributed by atoms with Crippen LogP contribution in [0, 0.1) is 5.82 Å². The van der Waals surface area contributed by atoms with Gasteiger partial charge in [-0.1, -0.05) is 13.8 Å². The van der Waals surface area contributed by atoms with Gasteiger partial charge >= 0.3 is 0 Å². The van der Waals surface area contributed by atoms with Crippen molar-refractivity contribution in [3.8, 4) is 5.75 Å². The number of hydrogen-bond acceptors (Lipinski definition) is 3. The monoisotopic (exact) mass is 376 g/mol. The summed E-state index contributed by atoms with van der Waals surface area (Å²) < 4.78 is 46.2. The van der Waals surface area contributed by atoms with Crippen molar-refractivity contribution in [3.05, 3.63) is 60.0 Å².